The summed E-state index contributed by atoms with van der Waals surface area (Å²) < 4.78 is 11.0. The van der Waals surface area contributed by atoms with Crippen LogP contribution in [-0.2, 0) is 14.3 Å². The van der Waals surface area contributed by atoms with Gasteiger partial charge in [0.05, 0.1) is 6.10 Å². The van der Waals surface area contributed by atoms with Crippen molar-refractivity contribution in [1.82, 2.24) is 5.32 Å². The second-order valence-corrected chi connectivity index (χ2v) is 7.72. The minimum atomic E-state index is -0.473. The minimum absolute atomic E-state index is 0.00888. The molecule has 0 aromatic heterocycles. The van der Waals surface area contributed by atoms with E-state index in [2.05, 4.69) is 10.6 Å². The zero-order valence-corrected chi connectivity index (χ0v) is 18.3. The zero-order chi connectivity index (χ0) is 22.9. The maximum atomic E-state index is 12.5. The van der Waals surface area contributed by atoms with Crippen LogP contribution in [0.1, 0.15) is 29.5 Å². The van der Waals surface area contributed by atoms with Crippen molar-refractivity contribution in [2.24, 2.45) is 0 Å². The summed E-state index contributed by atoms with van der Waals surface area (Å²) in [5, 5.41) is 15.0. The number of aryl methyl sites for hydroxylation is 2. The third-order valence-electron chi connectivity index (χ3n) is 5.24. The molecule has 1 unspecified atom stereocenters. The first-order chi connectivity index (χ1) is 15.4. The molecule has 2 N–H and O–H groups in total. The highest BCUT2D eigenvalue weighted by molar-refractivity contribution is 6.09. The zero-order valence-electron chi connectivity index (χ0n) is 18.3. The number of rotatable bonds is 8. The Kier molecular flexibility index (Phi) is 8.01. The standard InChI is InChI=1S/C25H27N3O4/c1-17-5-8-21(12-18(17)2)28-25(30)20(14-26)13-19-6-9-22(10-7-19)32-16-24(29)27-15-23-4-3-11-31-23/h5-10,12-13,23H,3-4,11,15-16H2,1-2H3,(H,27,29)(H,28,30). The fourth-order valence-electron chi connectivity index (χ4n) is 3.23. The lowest BCUT2D eigenvalue weighted by Crippen LogP contribution is -2.35. The summed E-state index contributed by atoms with van der Waals surface area (Å²) in [5.41, 5.74) is 3.49. The molecule has 3 rings (SSSR count). The maximum Gasteiger partial charge on any atom is 0.266 e. The Morgan fingerprint density at radius 3 is 2.62 bits per heavy atom. The van der Waals surface area contributed by atoms with Crippen LogP contribution in [0.2, 0.25) is 0 Å². The second-order valence-electron chi connectivity index (χ2n) is 7.72. The van der Waals surface area contributed by atoms with Crippen LogP contribution >= 0.6 is 0 Å². The van der Waals surface area contributed by atoms with E-state index in [1.807, 2.05) is 32.0 Å². The summed E-state index contributed by atoms with van der Waals surface area (Å²) in [6, 6.07) is 14.4. The van der Waals surface area contributed by atoms with Gasteiger partial charge in [-0.25, -0.2) is 0 Å². The Morgan fingerprint density at radius 1 is 1.19 bits per heavy atom. The van der Waals surface area contributed by atoms with E-state index >= 15 is 0 Å². The quantitative estimate of drug-likeness (QED) is 0.490. The Morgan fingerprint density at radius 2 is 1.97 bits per heavy atom. The van der Waals surface area contributed by atoms with E-state index in [0.29, 0.717) is 23.5 Å². The molecule has 1 atom stereocenters. The van der Waals surface area contributed by atoms with Gasteiger partial charge >= 0.3 is 0 Å². The topological polar surface area (TPSA) is 100 Å². The Hall–Kier alpha value is -3.63. The van der Waals surface area contributed by atoms with E-state index in [-0.39, 0.29) is 24.2 Å². The minimum Gasteiger partial charge on any atom is -0.484 e. The summed E-state index contributed by atoms with van der Waals surface area (Å²) >= 11 is 0. The van der Waals surface area contributed by atoms with Gasteiger partial charge < -0.3 is 20.1 Å². The van der Waals surface area contributed by atoms with Crippen LogP contribution in [0.15, 0.2) is 48.0 Å². The van der Waals surface area contributed by atoms with E-state index in [4.69, 9.17) is 9.47 Å². The lowest BCUT2D eigenvalue weighted by atomic mass is 10.1. The van der Waals surface area contributed by atoms with Crippen molar-refractivity contribution in [3.05, 3.63) is 64.7 Å². The third kappa shape index (κ3) is 6.69. The molecule has 0 aliphatic carbocycles. The van der Waals surface area contributed by atoms with E-state index in [9.17, 15) is 14.9 Å². The molecule has 1 aliphatic rings. The van der Waals surface area contributed by atoms with Crippen molar-refractivity contribution in [2.45, 2.75) is 32.8 Å². The summed E-state index contributed by atoms with van der Waals surface area (Å²) in [4.78, 5) is 24.4. The number of carbonyl (C=O) groups is 2. The molecular weight excluding hydrogens is 406 g/mol. The van der Waals surface area contributed by atoms with Gasteiger partial charge in [0.25, 0.3) is 11.8 Å². The average molecular weight is 434 g/mol. The highest BCUT2D eigenvalue weighted by Gasteiger charge is 2.16. The summed E-state index contributed by atoms with van der Waals surface area (Å²) in [6.07, 6.45) is 3.59. The van der Waals surface area contributed by atoms with Gasteiger partial charge in [-0.2, -0.15) is 5.26 Å². The summed E-state index contributed by atoms with van der Waals surface area (Å²) in [7, 11) is 0. The second kappa shape index (κ2) is 11.1. The van der Waals surface area contributed by atoms with Crippen LogP contribution in [0, 0.1) is 25.2 Å². The number of benzene rings is 2. The van der Waals surface area contributed by atoms with Crippen LogP contribution < -0.4 is 15.4 Å². The van der Waals surface area contributed by atoms with Crippen molar-refractivity contribution in [2.75, 3.05) is 25.1 Å². The first-order valence-electron chi connectivity index (χ1n) is 10.6. The number of nitriles is 1. The number of anilines is 1. The van der Waals surface area contributed by atoms with Crippen LogP contribution in [0.4, 0.5) is 5.69 Å². The van der Waals surface area contributed by atoms with E-state index < -0.39 is 5.91 Å². The van der Waals surface area contributed by atoms with Crippen molar-refractivity contribution < 1.29 is 19.1 Å². The normalized spacial score (nSPS) is 15.7. The Bertz CT molecular complexity index is 1030. The molecule has 166 valence electrons. The first-order valence-corrected chi connectivity index (χ1v) is 10.6. The lowest BCUT2D eigenvalue weighted by Gasteiger charge is -2.11. The monoisotopic (exact) mass is 433 g/mol. The molecule has 0 bridgehead atoms. The first kappa shape index (κ1) is 23.0. The summed E-state index contributed by atoms with van der Waals surface area (Å²) in [6.45, 7) is 5.10. The molecule has 1 fully saturated rings. The fraction of sp³-hybridized carbons (Fsp3) is 0.320. The van der Waals surface area contributed by atoms with Crippen LogP contribution in [-0.4, -0.2) is 37.7 Å². The third-order valence-corrected chi connectivity index (χ3v) is 5.24. The average Bonchev–Trinajstić information content (AvgIpc) is 3.31. The maximum absolute atomic E-state index is 12.5. The SMILES string of the molecule is Cc1ccc(NC(=O)C(C#N)=Cc2ccc(OCC(=O)NCC3CCCO3)cc2)cc1C. The van der Waals surface area contributed by atoms with Gasteiger partial charge in [-0.15, -0.1) is 0 Å². The highest BCUT2D eigenvalue weighted by Crippen LogP contribution is 2.17. The predicted molar refractivity (Wildman–Crippen MR) is 122 cm³/mol. The number of ether oxygens (including phenoxy) is 2. The molecule has 7 heteroatoms. The van der Waals surface area contributed by atoms with Crippen molar-refractivity contribution in [1.29, 1.82) is 5.26 Å². The number of nitrogens with zero attached hydrogens (tertiary/aromatic N) is 1. The number of hydrogen-bond donors (Lipinski definition) is 2. The van der Waals surface area contributed by atoms with E-state index in [1.54, 1.807) is 30.3 Å². The van der Waals surface area contributed by atoms with Crippen molar-refractivity contribution in [3.63, 3.8) is 0 Å². The van der Waals surface area contributed by atoms with E-state index in [1.165, 1.54) is 6.08 Å². The molecule has 7 nitrogen and oxygen atoms in total. The van der Waals surface area contributed by atoms with Gasteiger partial charge in [0.1, 0.15) is 17.4 Å². The fourth-order valence-corrected chi connectivity index (χ4v) is 3.23. The number of amides is 2. The van der Waals surface area contributed by atoms with E-state index in [0.717, 1.165) is 30.6 Å². The molecular formula is C25H27N3O4. The molecule has 1 aliphatic heterocycles. The molecule has 2 aromatic carbocycles. The largest absolute Gasteiger partial charge is 0.484 e. The summed E-state index contributed by atoms with van der Waals surface area (Å²) in [5.74, 6) is -0.161. The number of hydrogen-bond acceptors (Lipinski definition) is 5. The number of carbonyl (C=O) groups excluding carboxylic acids is 2. The van der Waals surface area contributed by atoms with Crippen molar-refractivity contribution in [3.8, 4) is 11.8 Å². The molecule has 0 saturated carbocycles. The van der Waals surface area contributed by atoms with Gasteiger partial charge in [-0.05, 0) is 73.7 Å². The van der Waals surface area contributed by atoms with Gasteiger partial charge in [0.15, 0.2) is 6.61 Å². The smallest absolute Gasteiger partial charge is 0.266 e. The molecule has 0 radical (unpaired) electrons. The van der Waals surface area contributed by atoms with Gasteiger partial charge in [0.2, 0.25) is 0 Å². The highest BCUT2D eigenvalue weighted by atomic mass is 16.5. The van der Waals surface area contributed by atoms with Crippen LogP contribution in [0.25, 0.3) is 6.08 Å². The Balaban J connectivity index is 1.52. The molecule has 1 saturated heterocycles. The van der Waals surface area contributed by atoms with Crippen LogP contribution in [0.3, 0.4) is 0 Å². The lowest BCUT2D eigenvalue weighted by molar-refractivity contribution is -0.123. The molecule has 0 spiro atoms. The molecule has 2 amide bonds. The van der Waals surface area contributed by atoms with Crippen molar-refractivity contribution >= 4 is 23.6 Å². The van der Waals surface area contributed by atoms with Gasteiger partial charge in [0, 0.05) is 18.8 Å². The molecule has 32 heavy (non-hydrogen) atoms. The Labute approximate surface area is 188 Å². The molecule has 1 heterocycles. The van der Waals surface area contributed by atoms with Crippen LogP contribution in [0.5, 0.6) is 5.75 Å². The molecule has 2 aromatic rings. The van der Waals surface area contributed by atoms with Gasteiger partial charge in [-0.3, -0.25) is 9.59 Å². The van der Waals surface area contributed by atoms with Gasteiger partial charge in [-0.1, -0.05) is 18.2 Å². The predicted octanol–water partition coefficient (Wildman–Crippen LogP) is 3.52. The number of nitrogens with one attached hydrogen (secondary N) is 2.